The molecule has 5 nitrogen and oxygen atoms in total. The Balaban J connectivity index is 1.87. The molecule has 5 heteroatoms. The zero-order valence-corrected chi connectivity index (χ0v) is 11.6. The van der Waals surface area contributed by atoms with E-state index in [-0.39, 0.29) is 0 Å². The van der Waals surface area contributed by atoms with Crippen LogP contribution in [0.15, 0.2) is 24.5 Å². The molecule has 1 atom stereocenters. The molecular weight excluding hydrogens is 254 g/mol. The van der Waals surface area contributed by atoms with Gasteiger partial charge in [-0.2, -0.15) is 0 Å². The van der Waals surface area contributed by atoms with Gasteiger partial charge < -0.3 is 9.67 Å². The van der Waals surface area contributed by atoms with Crippen molar-refractivity contribution in [2.75, 3.05) is 13.1 Å². The lowest BCUT2D eigenvalue weighted by Gasteiger charge is -2.24. The average molecular weight is 273 g/mol. The van der Waals surface area contributed by atoms with Crippen molar-refractivity contribution in [1.29, 1.82) is 0 Å². The number of aromatic carboxylic acids is 1. The second kappa shape index (κ2) is 5.25. The maximum atomic E-state index is 11.1. The van der Waals surface area contributed by atoms with Gasteiger partial charge in [0.05, 0.1) is 22.9 Å². The SMILES string of the molecule is CC(Cn1cnc2ccc(C(=O)O)cc21)N1CCCC1. The molecule has 1 unspecified atom stereocenters. The quantitative estimate of drug-likeness (QED) is 0.928. The molecule has 0 saturated carbocycles. The number of carbonyl (C=O) groups is 1. The molecule has 2 heterocycles. The largest absolute Gasteiger partial charge is 0.478 e. The van der Waals surface area contributed by atoms with Crippen LogP contribution in [0.2, 0.25) is 0 Å². The summed E-state index contributed by atoms with van der Waals surface area (Å²) < 4.78 is 2.06. The van der Waals surface area contributed by atoms with Crippen molar-refractivity contribution in [3.05, 3.63) is 30.1 Å². The molecule has 1 aromatic heterocycles. The Kier molecular flexibility index (Phi) is 3.44. The van der Waals surface area contributed by atoms with Crippen LogP contribution >= 0.6 is 0 Å². The second-order valence-electron chi connectivity index (χ2n) is 5.50. The molecule has 1 fully saturated rings. The molecule has 1 saturated heterocycles. The second-order valence-corrected chi connectivity index (χ2v) is 5.50. The van der Waals surface area contributed by atoms with Crippen molar-refractivity contribution in [3.8, 4) is 0 Å². The summed E-state index contributed by atoms with van der Waals surface area (Å²) in [4.78, 5) is 17.9. The van der Waals surface area contributed by atoms with Crippen LogP contribution in [-0.2, 0) is 6.54 Å². The van der Waals surface area contributed by atoms with Gasteiger partial charge in [0.2, 0.25) is 0 Å². The Morgan fingerprint density at radius 2 is 2.15 bits per heavy atom. The van der Waals surface area contributed by atoms with Crippen molar-refractivity contribution in [2.24, 2.45) is 0 Å². The summed E-state index contributed by atoms with van der Waals surface area (Å²) in [5.41, 5.74) is 2.06. The van der Waals surface area contributed by atoms with Crippen molar-refractivity contribution in [1.82, 2.24) is 14.5 Å². The molecule has 2 aromatic rings. The van der Waals surface area contributed by atoms with Gasteiger partial charge in [0, 0.05) is 12.6 Å². The fourth-order valence-electron chi connectivity index (χ4n) is 2.92. The summed E-state index contributed by atoms with van der Waals surface area (Å²) in [6, 6.07) is 5.53. The Bertz CT molecular complexity index is 629. The van der Waals surface area contributed by atoms with E-state index in [0.29, 0.717) is 11.6 Å². The number of hydrogen-bond acceptors (Lipinski definition) is 3. The molecule has 0 aliphatic carbocycles. The lowest BCUT2D eigenvalue weighted by atomic mass is 10.2. The summed E-state index contributed by atoms with van der Waals surface area (Å²) >= 11 is 0. The van der Waals surface area contributed by atoms with Gasteiger partial charge in [-0.15, -0.1) is 0 Å². The van der Waals surface area contributed by atoms with E-state index in [1.165, 1.54) is 12.8 Å². The minimum Gasteiger partial charge on any atom is -0.478 e. The smallest absolute Gasteiger partial charge is 0.335 e. The summed E-state index contributed by atoms with van der Waals surface area (Å²) in [5.74, 6) is -0.896. The van der Waals surface area contributed by atoms with E-state index in [4.69, 9.17) is 5.11 Å². The predicted molar refractivity (Wildman–Crippen MR) is 77.0 cm³/mol. The number of benzene rings is 1. The predicted octanol–water partition coefficient (Wildman–Crippen LogP) is 2.22. The van der Waals surface area contributed by atoms with Crippen LogP contribution in [0.25, 0.3) is 11.0 Å². The molecule has 106 valence electrons. The number of fused-ring (bicyclic) bond motifs is 1. The van der Waals surface area contributed by atoms with E-state index in [1.807, 2.05) is 6.33 Å². The summed E-state index contributed by atoms with van der Waals surface area (Å²) in [5, 5.41) is 9.09. The molecule has 0 radical (unpaired) electrons. The fraction of sp³-hybridized carbons (Fsp3) is 0.467. The van der Waals surface area contributed by atoms with E-state index < -0.39 is 5.97 Å². The fourth-order valence-corrected chi connectivity index (χ4v) is 2.92. The Morgan fingerprint density at radius 1 is 1.40 bits per heavy atom. The molecule has 20 heavy (non-hydrogen) atoms. The number of rotatable bonds is 4. The van der Waals surface area contributed by atoms with Crippen molar-refractivity contribution in [3.63, 3.8) is 0 Å². The molecule has 3 rings (SSSR count). The molecular formula is C15H19N3O2. The first-order valence-electron chi connectivity index (χ1n) is 7.07. The van der Waals surface area contributed by atoms with E-state index in [2.05, 4.69) is 21.4 Å². The summed E-state index contributed by atoms with van der Waals surface area (Å²) in [7, 11) is 0. The normalized spacial score (nSPS) is 17.6. The van der Waals surface area contributed by atoms with Gasteiger partial charge in [0.25, 0.3) is 0 Å². The Morgan fingerprint density at radius 3 is 2.85 bits per heavy atom. The van der Waals surface area contributed by atoms with Crippen LogP contribution in [0.5, 0.6) is 0 Å². The first-order chi connectivity index (χ1) is 9.65. The summed E-state index contributed by atoms with van der Waals surface area (Å²) in [6.45, 7) is 5.39. The first kappa shape index (κ1) is 13.1. The minimum absolute atomic E-state index is 0.313. The van der Waals surface area contributed by atoms with Crippen LogP contribution in [0, 0.1) is 0 Å². The lowest BCUT2D eigenvalue weighted by Crippen LogP contribution is -2.33. The number of carboxylic acids is 1. The van der Waals surface area contributed by atoms with E-state index in [0.717, 1.165) is 30.7 Å². The van der Waals surface area contributed by atoms with Gasteiger partial charge in [-0.1, -0.05) is 0 Å². The molecule has 0 bridgehead atoms. The van der Waals surface area contributed by atoms with Gasteiger partial charge >= 0.3 is 5.97 Å². The van der Waals surface area contributed by atoms with Crippen molar-refractivity contribution >= 4 is 17.0 Å². The van der Waals surface area contributed by atoms with Gasteiger partial charge in [-0.25, -0.2) is 9.78 Å². The van der Waals surface area contributed by atoms with Gasteiger partial charge in [0.1, 0.15) is 0 Å². The Labute approximate surface area is 117 Å². The van der Waals surface area contributed by atoms with Gasteiger partial charge in [0.15, 0.2) is 0 Å². The highest BCUT2D eigenvalue weighted by atomic mass is 16.4. The molecule has 1 aliphatic heterocycles. The molecule has 0 spiro atoms. The number of likely N-dealkylation sites (tertiary alicyclic amines) is 1. The number of nitrogens with zero attached hydrogens (tertiary/aromatic N) is 3. The van der Waals surface area contributed by atoms with Gasteiger partial charge in [-0.3, -0.25) is 4.90 Å². The highest BCUT2D eigenvalue weighted by Crippen LogP contribution is 2.18. The van der Waals surface area contributed by atoms with Crippen molar-refractivity contribution in [2.45, 2.75) is 32.4 Å². The van der Waals surface area contributed by atoms with Crippen LogP contribution in [-0.4, -0.2) is 44.7 Å². The van der Waals surface area contributed by atoms with Crippen LogP contribution in [0.4, 0.5) is 0 Å². The maximum Gasteiger partial charge on any atom is 0.335 e. The Hall–Kier alpha value is -1.88. The monoisotopic (exact) mass is 273 g/mol. The molecule has 1 aromatic carbocycles. The van der Waals surface area contributed by atoms with Crippen LogP contribution < -0.4 is 0 Å². The molecule has 1 N–H and O–H groups in total. The third kappa shape index (κ3) is 2.41. The van der Waals surface area contributed by atoms with Gasteiger partial charge in [-0.05, 0) is 51.1 Å². The number of aromatic nitrogens is 2. The standard InChI is InChI=1S/C15H19N3O2/c1-11(17-6-2-3-7-17)9-18-10-16-13-5-4-12(15(19)20)8-14(13)18/h4-5,8,10-11H,2-3,6-7,9H2,1H3,(H,19,20). The zero-order valence-electron chi connectivity index (χ0n) is 11.6. The minimum atomic E-state index is -0.896. The summed E-state index contributed by atoms with van der Waals surface area (Å²) in [6.07, 6.45) is 4.36. The molecule has 0 amide bonds. The number of imidazole rings is 1. The maximum absolute atomic E-state index is 11.1. The number of hydrogen-bond donors (Lipinski definition) is 1. The topological polar surface area (TPSA) is 58.4 Å². The highest BCUT2D eigenvalue weighted by Gasteiger charge is 2.19. The van der Waals surface area contributed by atoms with E-state index in [1.54, 1.807) is 18.2 Å². The third-order valence-electron chi connectivity index (χ3n) is 4.09. The first-order valence-corrected chi connectivity index (χ1v) is 7.07. The number of carboxylic acid groups (broad SMARTS) is 1. The van der Waals surface area contributed by atoms with Crippen LogP contribution in [0.3, 0.4) is 0 Å². The third-order valence-corrected chi connectivity index (χ3v) is 4.09. The van der Waals surface area contributed by atoms with E-state index >= 15 is 0 Å². The van der Waals surface area contributed by atoms with E-state index in [9.17, 15) is 4.79 Å². The van der Waals surface area contributed by atoms with Crippen molar-refractivity contribution < 1.29 is 9.90 Å². The lowest BCUT2D eigenvalue weighted by molar-refractivity contribution is 0.0697. The highest BCUT2D eigenvalue weighted by molar-refractivity contribution is 5.92. The zero-order chi connectivity index (χ0) is 14.1. The molecule has 1 aliphatic rings. The average Bonchev–Trinajstić information content (AvgIpc) is 3.08. The van der Waals surface area contributed by atoms with Crippen LogP contribution in [0.1, 0.15) is 30.1 Å².